The summed E-state index contributed by atoms with van der Waals surface area (Å²) >= 11 is 0. The molecule has 0 saturated heterocycles. The zero-order valence-corrected chi connectivity index (χ0v) is 8.36. The molecule has 0 amide bonds. The van der Waals surface area contributed by atoms with Crippen LogP contribution in [0.5, 0.6) is 0 Å². The van der Waals surface area contributed by atoms with Crippen molar-refractivity contribution in [3.8, 4) is 0 Å². The summed E-state index contributed by atoms with van der Waals surface area (Å²) in [6.07, 6.45) is 4.40. The van der Waals surface area contributed by atoms with Crippen LogP contribution in [0.15, 0.2) is 0 Å². The number of carbonyl (C=O) groups excluding carboxylic acids is 2. The number of esters is 1. The number of ether oxygens (including phenoxy) is 1. The summed E-state index contributed by atoms with van der Waals surface area (Å²) in [5.74, 6) is -0.145. The summed E-state index contributed by atoms with van der Waals surface area (Å²) in [4.78, 5) is 21.4. The third kappa shape index (κ3) is 3.14. The predicted molar refractivity (Wildman–Crippen MR) is 53.4 cm³/mol. The summed E-state index contributed by atoms with van der Waals surface area (Å²) in [5, 5.41) is 2.98. The van der Waals surface area contributed by atoms with Crippen molar-refractivity contribution in [1.82, 2.24) is 5.23 Å². The van der Waals surface area contributed by atoms with E-state index in [1.165, 1.54) is 14.5 Å². The Hall–Kier alpha value is -0.835. The van der Waals surface area contributed by atoms with Crippen molar-refractivity contribution >= 4 is 19.6 Å². The molecule has 0 bridgehead atoms. The monoisotopic (exact) mass is 196 g/mol. The first-order valence-corrected chi connectivity index (χ1v) is 4.88. The standard InChI is InChI=1S/C9H15BNO3/c1-14-9(13)7-3-2-4-8(5-7)11-10-6-12/h6-8,11H,2-5H2,1H3/t7-,8-/m1/s1. The average molecular weight is 196 g/mol. The van der Waals surface area contributed by atoms with Crippen LogP contribution >= 0.6 is 0 Å². The van der Waals surface area contributed by atoms with E-state index in [4.69, 9.17) is 4.74 Å². The number of carbonyl (C=O) groups is 2. The summed E-state index contributed by atoms with van der Waals surface area (Å²) in [6, 6.07) is 0.234. The highest BCUT2D eigenvalue weighted by atomic mass is 16.5. The fourth-order valence-electron chi connectivity index (χ4n) is 1.90. The van der Waals surface area contributed by atoms with Crippen molar-refractivity contribution in [3.63, 3.8) is 0 Å². The average Bonchev–Trinajstić information content (AvgIpc) is 2.25. The molecule has 1 saturated carbocycles. The minimum atomic E-state index is -0.136. The van der Waals surface area contributed by atoms with Crippen molar-refractivity contribution < 1.29 is 14.3 Å². The van der Waals surface area contributed by atoms with Gasteiger partial charge >= 0.3 is 5.97 Å². The molecule has 77 valence electrons. The first-order chi connectivity index (χ1) is 6.77. The van der Waals surface area contributed by atoms with Gasteiger partial charge in [0.25, 0.3) is 7.41 Å². The normalized spacial score (nSPS) is 26.6. The molecule has 0 aromatic rings. The van der Waals surface area contributed by atoms with Crippen LogP contribution in [0.3, 0.4) is 0 Å². The van der Waals surface area contributed by atoms with Crippen LogP contribution in [-0.4, -0.2) is 32.7 Å². The molecule has 4 nitrogen and oxygen atoms in total. The number of hydrogen-bond acceptors (Lipinski definition) is 4. The van der Waals surface area contributed by atoms with Crippen molar-refractivity contribution in [2.75, 3.05) is 7.11 Å². The molecule has 0 heterocycles. The van der Waals surface area contributed by atoms with Crippen LogP contribution < -0.4 is 5.23 Å². The topological polar surface area (TPSA) is 55.4 Å². The van der Waals surface area contributed by atoms with Gasteiger partial charge in [0.1, 0.15) is 0 Å². The largest absolute Gasteiger partial charge is 0.469 e. The van der Waals surface area contributed by atoms with Crippen LogP contribution in [0.4, 0.5) is 0 Å². The second-order valence-electron chi connectivity index (χ2n) is 3.55. The molecule has 1 fully saturated rings. The molecule has 1 aliphatic carbocycles. The molecular formula is C9H15BNO3. The molecule has 0 unspecified atom stereocenters. The van der Waals surface area contributed by atoms with Gasteiger partial charge < -0.3 is 14.8 Å². The fourth-order valence-corrected chi connectivity index (χ4v) is 1.90. The van der Waals surface area contributed by atoms with Gasteiger partial charge in [-0.1, -0.05) is 6.42 Å². The molecule has 0 aromatic carbocycles. The maximum absolute atomic E-state index is 11.3. The van der Waals surface area contributed by atoms with E-state index in [9.17, 15) is 9.59 Å². The lowest BCUT2D eigenvalue weighted by Gasteiger charge is -2.27. The SMILES string of the molecule is COC(=O)[C@@H]1CCC[C@@H](N[B]C=O)C1. The van der Waals surface area contributed by atoms with Gasteiger partial charge in [0.05, 0.1) is 19.2 Å². The molecule has 0 aliphatic heterocycles. The highest BCUT2D eigenvalue weighted by Crippen LogP contribution is 2.24. The van der Waals surface area contributed by atoms with Crippen LogP contribution in [0.2, 0.25) is 0 Å². The molecule has 1 N–H and O–H groups in total. The Morgan fingerprint density at radius 1 is 1.57 bits per heavy atom. The van der Waals surface area contributed by atoms with E-state index in [1.54, 1.807) is 0 Å². The molecule has 0 aromatic heterocycles. The van der Waals surface area contributed by atoms with Crippen molar-refractivity contribution in [1.29, 1.82) is 0 Å². The maximum atomic E-state index is 11.3. The first-order valence-electron chi connectivity index (χ1n) is 4.88. The van der Waals surface area contributed by atoms with Gasteiger partial charge in [-0.25, -0.2) is 0 Å². The number of nitrogens with one attached hydrogen (secondary N) is 1. The van der Waals surface area contributed by atoms with E-state index in [0.29, 0.717) is 0 Å². The van der Waals surface area contributed by atoms with Crippen LogP contribution in [-0.2, 0) is 14.3 Å². The molecule has 14 heavy (non-hydrogen) atoms. The summed E-state index contributed by atoms with van der Waals surface area (Å²) in [7, 11) is 2.81. The number of methoxy groups -OCH3 is 1. The smallest absolute Gasteiger partial charge is 0.308 e. The van der Waals surface area contributed by atoms with Gasteiger partial charge in [-0.15, -0.1) is 0 Å². The Bertz CT molecular complexity index is 210. The van der Waals surface area contributed by atoms with Crippen LogP contribution in [0.25, 0.3) is 0 Å². The van der Waals surface area contributed by atoms with E-state index in [0.717, 1.165) is 31.9 Å². The highest BCUT2D eigenvalue weighted by Gasteiger charge is 2.27. The second-order valence-corrected chi connectivity index (χ2v) is 3.55. The summed E-state index contributed by atoms with van der Waals surface area (Å²) < 4.78 is 4.70. The Morgan fingerprint density at radius 2 is 2.36 bits per heavy atom. The van der Waals surface area contributed by atoms with Gasteiger partial charge in [-0.3, -0.25) is 4.79 Å². The Balaban J connectivity index is 2.35. The van der Waals surface area contributed by atoms with E-state index in [-0.39, 0.29) is 17.9 Å². The highest BCUT2D eigenvalue weighted by molar-refractivity contribution is 6.64. The zero-order chi connectivity index (χ0) is 10.4. The van der Waals surface area contributed by atoms with Gasteiger partial charge in [-0.2, -0.15) is 0 Å². The Kier molecular flexibility index (Phi) is 4.66. The molecule has 0 spiro atoms. The number of hydrogen-bond donors (Lipinski definition) is 1. The third-order valence-corrected chi connectivity index (χ3v) is 2.61. The molecular weight excluding hydrogens is 181 g/mol. The predicted octanol–water partition coefficient (Wildman–Crippen LogP) is 0.117. The van der Waals surface area contributed by atoms with E-state index in [1.807, 2.05) is 0 Å². The molecule has 5 heteroatoms. The Morgan fingerprint density at radius 3 is 3.00 bits per heavy atom. The Labute approximate surface area is 84.6 Å². The quantitative estimate of drug-likeness (QED) is 0.394. The van der Waals surface area contributed by atoms with Gasteiger partial charge in [0.15, 0.2) is 0 Å². The van der Waals surface area contributed by atoms with Crippen molar-refractivity contribution in [3.05, 3.63) is 0 Å². The van der Waals surface area contributed by atoms with Crippen LogP contribution in [0, 0.1) is 5.92 Å². The molecule has 2 atom stereocenters. The summed E-state index contributed by atoms with van der Waals surface area (Å²) in [6.45, 7) is 0. The van der Waals surface area contributed by atoms with E-state index in [2.05, 4.69) is 5.23 Å². The first kappa shape index (κ1) is 11.2. The summed E-state index contributed by atoms with van der Waals surface area (Å²) in [5.41, 5.74) is 0. The minimum Gasteiger partial charge on any atom is -0.469 e. The van der Waals surface area contributed by atoms with E-state index >= 15 is 0 Å². The van der Waals surface area contributed by atoms with Crippen molar-refractivity contribution in [2.45, 2.75) is 31.7 Å². The van der Waals surface area contributed by atoms with E-state index < -0.39 is 0 Å². The molecule has 1 aliphatic rings. The van der Waals surface area contributed by atoms with Gasteiger partial charge in [-0.05, 0) is 25.3 Å². The van der Waals surface area contributed by atoms with Gasteiger partial charge in [0.2, 0.25) is 0 Å². The molecule has 1 radical (unpaired) electrons. The lowest BCUT2D eigenvalue weighted by atomic mass is 9.83. The molecule has 1 rings (SSSR count). The lowest BCUT2D eigenvalue weighted by Crippen LogP contribution is -2.39. The second kappa shape index (κ2) is 5.80. The lowest BCUT2D eigenvalue weighted by molar-refractivity contribution is -0.146. The number of rotatable bonds is 4. The van der Waals surface area contributed by atoms with Crippen LogP contribution in [0.1, 0.15) is 25.7 Å². The maximum Gasteiger partial charge on any atom is 0.308 e. The zero-order valence-electron chi connectivity index (χ0n) is 8.36. The minimum absolute atomic E-state index is 0.00805. The fraction of sp³-hybridized carbons (Fsp3) is 0.778. The van der Waals surface area contributed by atoms with Crippen molar-refractivity contribution in [2.24, 2.45) is 5.92 Å². The third-order valence-electron chi connectivity index (χ3n) is 2.61. The van der Waals surface area contributed by atoms with Gasteiger partial charge in [0, 0.05) is 0 Å².